The molecule has 0 fully saturated rings. The number of hydrogen-bond acceptors (Lipinski definition) is 6. The maximum atomic E-state index is 13.5. The van der Waals surface area contributed by atoms with Crippen molar-refractivity contribution in [1.29, 1.82) is 0 Å². The van der Waals surface area contributed by atoms with Gasteiger partial charge in [0, 0.05) is 12.8 Å². The van der Waals surface area contributed by atoms with E-state index in [1.165, 1.54) is 23.5 Å². The summed E-state index contributed by atoms with van der Waals surface area (Å²) in [5.74, 6) is 0.410. The number of methoxy groups -OCH3 is 2. The number of amides is 1. The molecule has 3 aromatic rings. The first-order valence-electron chi connectivity index (χ1n) is 10.2. The fourth-order valence-electron chi connectivity index (χ4n) is 3.57. The molecule has 9 heteroatoms. The van der Waals surface area contributed by atoms with Gasteiger partial charge in [-0.2, -0.15) is 0 Å². The van der Waals surface area contributed by atoms with Gasteiger partial charge in [0.05, 0.1) is 30.8 Å². The first kappa shape index (κ1) is 22.6. The lowest BCUT2D eigenvalue weighted by Gasteiger charge is -2.34. The number of para-hydroxylation sites is 2. The van der Waals surface area contributed by atoms with Crippen LogP contribution in [0.2, 0.25) is 0 Å². The highest BCUT2D eigenvalue weighted by molar-refractivity contribution is 7.92. The molecular weight excluding hydrogens is 444 g/mol. The van der Waals surface area contributed by atoms with Gasteiger partial charge in [-0.1, -0.05) is 24.3 Å². The van der Waals surface area contributed by atoms with Crippen LogP contribution in [0.3, 0.4) is 0 Å². The third kappa shape index (κ3) is 4.79. The predicted octanol–water partition coefficient (Wildman–Crippen LogP) is 3.44. The molecule has 0 saturated carbocycles. The number of benzene rings is 3. The Morgan fingerprint density at radius 3 is 2.55 bits per heavy atom. The van der Waals surface area contributed by atoms with Gasteiger partial charge in [0.15, 0.2) is 6.10 Å². The third-order valence-electron chi connectivity index (χ3n) is 5.18. The minimum Gasteiger partial charge on any atom is -0.497 e. The quantitative estimate of drug-likeness (QED) is 0.571. The molecule has 1 aliphatic rings. The Labute approximate surface area is 192 Å². The lowest BCUT2D eigenvalue weighted by Crippen LogP contribution is -2.48. The average Bonchev–Trinajstić information content (AvgIpc) is 2.83. The van der Waals surface area contributed by atoms with Crippen LogP contribution in [0, 0.1) is 0 Å². The standard InChI is InChI=1S/C24H24N2O6S/c1-30-16-17-6-5-7-18(14-17)25-24(27)23-15-26(21-8-3-4-9-22(21)32-23)33(28,29)20-12-10-19(31-2)11-13-20/h3-14,23H,15-16H2,1-2H3,(H,25,27)/t23-/m0/s1. The molecule has 0 spiro atoms. The fourth-order valence-corrected chi connectivity index (χ4v) is 5.05. The number of anilines is 2. The van der Waals surface area contributed by atoms with Crippen LogP contribution in [0.5, 0.6) is 11.5 Å². The number of ether oxygens (including phenoxy) is 3. The van der Waals surface area contributed by atoms with E-state index in [0.29, 0.717) is 29.5 Å². The number of fused-ring (bicyclic) bond motifs is 1. The van der Waals surface area contributed by atoms with Crippen LogP contribution in [0.4, 0.5) is 11.4 Å². The van der Waals surface area contributed by atoms with Crippen molar-refractivity contribution >= 4 is 27.3 Å². The van der Waals surface area contributed by atoms with E-state index in [0.717, 1.165) is 5.56 Å². The Bertz CT molecular complexity index is 1240. The zero-order valence-corrected chi connectivity index (χ0v) is 19.0. The minimum absolute atomic E-state index is 0.0893. The lowest BCUT2D eigenvalue weighted by atomic mass is 10.2. The molecule has 0 aliphatic carbocycles. The molecule has 4 rings (SSSR count). The van der Waals surface area contributed by atoms with Crippen molar-refractivity contribution in [3.8, 4) is 11.5 Å². The topological polar surface area (TPSA) is 94.2 Å². The molecule has 172 valence electrons. The highest BCUT2D eigenvalue weighted by atomic mass is 32.2. The van der Waals surface area contributed by atoms with Crippen molar-refractivity contribution < 1.29 is 27.4 Å². The van der Waals surface area contributed by atoms with E-state index in [2.05, 4.69) is 5.32 Å². The van der Waals surface area contributed by atoms with Crippen LogP contribution in [0.15, 0.2) is 77.7 Å². The van der Waals surface area contributed by atoms with Crippen LogP contribution in [0.1, 0.15) is 5.56 Å². The summed E-state index contributed by atoms with van der Waals surface area (Å²) in [4.78, 5) is 13.1. The highest BCUT2D eigenvalue weighted by Crippen LogP contribution is 2.37. The van der Waals surface area contributed by atoms with E-state index in [1.54, 1.807) is 61.7 Å². The van der Waals surface area contributed by atoms with Crippen LogP contribution in [-0.2, 0) is 26.2 Å². The number of carbonyl (C=O) groups excluding carboxylic acids is 1. The largest absolute Gasteiger partial charge is 0.497 e. The van der Waals surface area contributed by atoms with Gasteiger partial charge in [-0.05, 0) is 54.1 Å². The number of nitrogens with one attached hydrogen (secondary N) is 1. The number of nitrogens with zero attached hydrogens (tertiary/aromatic N) is 1. The summed E-state index contributed by atoms with van der Waals surface area (Å²) >= 11 is 0. The SMILES string of the molecule is COCc1cccc(NC(=O)[C@@H]2CN(S(=O)(=O)c3ccc(OC)cc3)c3ccccc3O2)c1. The third-order valence-corrected chi connectivity index (χ3v) is 6.97. The first-order valence-corrected chi connectivity index (χ1v) is 11.7. The van der Waals surface area contributed by atoms with Gasteiger partial charge < -0.3 is 19.5 Å². The second kappa shape index (κ2) is 9.51. The number of carbonyl (C=O) groups is 1. The normalized spacial score (nSPS) is 15.3. The molecule has 0 saturated heterocycles. The Balaban J connectivity index is 1.62. The Kier molecular flexibility index (Phi) is 6.52. The molecule has 33 heavy (non-hydrogen) atoms. The summed E-state index contributed by atoms with van der Waals surface area (Å²) in [5, 5.41) is 2.81. The van der Waals surface area contributed by atoms with Gasteiger partial charge >= 0.3 is 0 Å². The molecule has 0 bridgehead atoms. The Hall–Kier alpha value is -3.56. The Morgan fingerprint density at radius 1 is 1.06 bits per heavy atom. The van der Waals surface area contributed by atoms with Gasteiger partial charge in [0.1, 0.15) is 11.5 Å². The summed E-state index contributed by atoms with van der Waals surface area (Å²) in [5.41, 5.74) is 1.84. The van der Waals surface area contributed by atoms with Crippen LogP contribution in [0.25, 0.3) is 0 Å². The molecule has 1 amide bonds. The van der Waals surface area contributed by atoms with Crippen LogP contribution < -0.4 is 19.1 Å². The van der Waals surface area contributed by atoms with Gasteiger partial charge in [-0.15, -0.1) is 0 Å². The molecule has 8 nitrogen and oxygen atoms in total. The maximum absolute atomic E-state index is 13.5. The van der Waals surface area contributed by atoms with Gasteiger partial charge in [0.2, 0.25) is 0 Å². The number of hydrogen-bond donors (Lipinski definition) is 1. The van der Waals surface area contributed by atoms with E-state index >= 15 is 0 Å². The van der Waals surface area contributed by atoms with E-state index in [9.17, 15) is 13.2 Å². The average molecular weight is 469 g/mol. The molecule has 1 atom stereocenters. The van der Waals surface area contributed by atoms with Gasteiger partial charge in [-0.25, -0.2) is 8.42 Å². The van der Waals surface area contributed by atoms with Crippen molar-refractivity contribution in [3.63, 3.8) is 0 Å². The molecule has 0 radical (unpaired) electrons. The van der Waals surface area contributed by atoms with Crippen molar-refractivity contribution in [2.45, 2.75) is 17.6 Å². The van der Waals surface area contributed by atoms with Gasteiger partial charge in [0.25, 0.3) is 15.9 Å². The molecule has 1 aliphatic heterocycles. The monoisotopic (exact) mass is 468 g/mol. The fraction of sp³-hybridized carbons (Fsp3) is 0.208. The van der Waals surface area contributed by atoms with Gasteiger partial charge in [-0.3, -0.25) is 9.10 Å². The summed E-state index contributed by atoms with van der Waals surface area (Å²) in [6.07, 6.45) is -1.04. The zero-order valence-electron chi connectivity index (χ0n) is 18.2. The second-order valence-electron chi connectivity index (χ2n) is 7.41. The minimum atomic E-state index is -3.95. The molecular formula is C24H24N2O6S. The lowest BCUT2D eigenvalue weighted by molar-refractivity contribution is -0.122. The van der Waals surface area contributed by atoms with E-state index in [1.807, 2.05) is 6.07 Å². The highest BCUT2D eigenvalue weighted by Gasteiger charge is 2.37. The maximum Gasteiger partial charge on any atom is 0.267 e. The summed E-state index contributed by atoms with van der Waals surface area (Å²) in [6, 6.07) is 20.1. The van der Waals surface area contributed by atoms with E-state index < -0.39 is 22.0 Å². The van der Waals surface area contributed by atoms with Crippen molar-refractivity contribution in [3.05, 3.63) is 78.4 Å². The Morgan fingerprint density at radius 2 is 1.82 bits per heavy atom. The number of rotatable bonds is 7. The van der Waals surface area contributed by atoms with Crippen molar-refractivity contribution in [1.82, 2.24) is 0 Å². The second-order valence-corrected chi connectivity index (χ2v) is 9.27. The van der Waals surface area contributed by atoms with Crippen LogP contribution >= 0.6 is 0 Å². The van der Waals surface area contributed by atoms with E-state index in [4.69, 9.17) is 14.2 Å². The number of sulfonamides is 1. The summed E-state index contributed by atoms with van der Waals surface area (Å²) in [6.45, 7) is 0.236. The summed E-state index contributed by atoms with van der Waals surface area (Å²) in [7, 11) is -0.849. The predicted molar refractivity (Wildman–Crippen MR) is 124 cm³/mol. The van der Waals surface area contributed by atoms with E-state index in [-0.39, 0.29) is 11.4 Å². The van der Waals surface area contributed by atoms with Crippen LogP contribution in [-0.4, -0.2) is 41.2 Å². The van der Waals surface area contributed by atoms with Crippen molar-refractivity contribution in [2.24, 2.45) is 0 Å². The molecule has 0 aromatic heterocycles. The molecule has 1 N–H and O–H groups in total. The smallest absolute Gasteiger partial charge is 0.267 e. The summed E-state index contributed by atoms with van der Waals surface area (Å²) < 4.78 is 44.3. The molecule has 0 unspecified atom stereocenters. The zero-order chi connectivity index (χ0) is 23.4. The molecule has 3 aromatic carbocycles. The first-order chi connectivity index (χ1) is 15.9. The van der Waals surface area contributed by atoms with Crippen molar-refractivity contribution in [2.75, 3.05) is 30.4 Å². The molecule has 1 heterocycles.